The molecule has 1 heterocycles. The van der Waals surface area contributed by atoms with Gasteiger partial charge in [-0.25, -0.2) is 4.98 Å². The minimum Gasteiger partial charge on any atom is -0.396 e. The van der Waals surface area contributed by atoms with Gasteiger partial charge in [-0.1, -0.05) is 26.0 Å². The van der Waals surface area contributed by atoms with Crippen molar-refractivity contribution in [1.29, 1.82) is 0 Å². The molecular weight excluding hydrogens is 240 g/mol. The Balaban J connectivity index is 2.38. The molecule has 0 fully saturated rings. The van der Waals surface area contributed by atoms with Gasteiger partial charge in [-0.2, -0.15) is 4.98 Å². The molecule has 0 saturated carbocycles. The number of aliphatic hydroxyl groups is 1. The average molecular weight is 260 g/mol. The summed E-state index contributed by atoms with van der Waals surface area (Å²) >= 11 is 0. The van der Waals surface area contributed by atoms with E-state index in [-0.39, 0.29) is 18.6 Å². The van der Waals surface area contributed by atoms with E-state index in [9.17, 15) is 0 Å². The lowest BCUT2D eigenvalue weighted by atomic mass is 10.0. The van der Waals surface area contributed by atoms with Crippen molar-refractivity contribution >= 4 is 22.7 Å². The lowest BCUT2D eigenvalue weighted by Crippen LogP contribution is -2.27. The first kappa shape index (κ1) is 13.5. The fraction of sp³-hybridized carbons (Fsp3) is 0.429. The molecule has 1 unspecified atom stereocenters. The second kappa shape index (κ2) is 5.84. The first-order valence-electron chi connectivity index (χ1n) is 6.51. The Labute approximate surface area is 112 Å². The number of nitrogens with zero attached hydrogens (tertiary/aromatic N) is 2. The molecule has 1 atom stereocenters. The molecule has 2 rings (SSSR count). The van der Waals surface area contributed by atoms with Gasteiger partial charge >= 0.3 is 0 Å². The number of anilines is 2. The van der Waals surface area contributed by atoms with Crippen LogP contribution in [0.2, 0.25) is 0 Å². The summed E-state index contributed by atoms with van der Waals surface area (Å²) < 4.78 is 0. The molecule has 0 aliphatic rings. The zero-order valence-corrected chi connectivity index (χ0v) is 11.3. The Hall–Kier alpha value is -1.88. The van der Waals surface area contributed by atoms with Crippen LogP contribution in [0.5, 0.6) is 0 Å². The third-order valence-electron chi connectivity index (χ3n) is 3.19. The van der Waals surface area contributed by atoms with Gasteiger partial charge in [0.25, 0.3) is 0 Å². The van der Waals surface area contributed by atoms with E-state index in [2.05, 4.69) is 29.1 Å². The molecule has 102 valence electrons. The second-order valence-electron chi connectivity index (χ2n) is 4.95. The zero-order chi connectivity index (χ0) is 13.8. The van der Waals surface area contributed by atoms with E-state index >= 15 is 0 Å². The van der Waals surface area contributed by atoms with Crippen molar-refractivity contribution in [2.24, 2.45) is 5.92 Å². The molecule has 0 aliphatic heterocycles. The van der Waals surface area contributed by atoms with Crippen LogP contribution in [-0.4, -0.2) is 27.7 Å². The summed E-state index contributed by atoms with van der Waals surface area (Å²) in [5, 5.41) is 13.5. The van der Waals surface area contributed by atoms with E-state index in [1.54, 1.807) is 0 Å². The minimum atomic E-state index is 0.147. The highest BCUT2D eigenvalue weighted by molar-refractivity contribution is 5.89. The van der Waals surface area contributed by atoms with Crippen LogP contribution in [0.25, 0.3) is 10.9 Å². The number of nitrogens with two attached hydrogens (primary N) is 1. The molecule has 1 aromatic carbocycles. The molecule has 0 aliphatic carbocycles. The molecule has 5 heteroatoms. The maximum absolute atomic E-state index is 9.13. The predicted molar refractivity (Wildman–Crippen MR) is 77.9 cm³/mol. The quantitative estimate of drug-likeness (QED) is 0.766. The molecule has 0 amide bonds. The van der Waals surface area contributed by atoms with E-state index in [1.165, 1.54) is 0 Å². The number of rotatable bonds is 5. The highest BCUT2D eigenvalue weighted by Crippen LogP contribution is 2.23. The number of fused-ring (bicyclic) bond motifs is 1. The van der Waals surface area contributed by atoms with E-state index in [0.717, 1.165) is 16.7 Å². The molecule has 4 N–H and O–H groups in total. The van der Waals surface area contributed by atoms with Crippen LogP contribution in [0.15, 0.2) is 24.3 Å². The van der Waals surface area contributed by atoms with Crippen LogP contribution >= 0.6 is 0 Å². The van der Waals surface area contributed by atoms with Gasteiger partial charge in [0.15, 0.2) is 0 Å². The maximum Gasteiger partial charge on any atom is 0.222 e. The standard InChI is InChI=1S/C14H20N4O/c1-9(2)11(7-8-19)16-13-10-5-3-4-6-12(10)17-14(15)18-13/h3-6,9,11,19H,7-8H2,1-2H3,(H3,15,16,17,18). The van der Waals surface area contributed by atoms with Gasteiger partial charge in [0.1, 0.15) is 5.82 Å². The fourth-order valence-electron chi connectivity index (χ4n) is 2.09. The number of aromatic nitrogens is 2. The van der Waals surface area contributed by atoms with E-state index in [0.29, 0.717) is 12.3 Å². The summed E-state index contributed by atoms with van der Waals surface area (Å²) in [5.74, 6) is 1.38. The number of nitrogen functional groups attached to an aromatic ring is 1. The Morgan fingerprint density at radius 3 is 2.68 bits per heavy atom. The number of nitrogens with one attached hydrogen (secondary N) is 1. The number of hydrogen-bond donors (Lipinski definition) is 3. The van der Waals surface area contributed by atoms with Gasteiger partial charge in [-0.3, -0.25) is 0 Å². The summed E-state index contributed by atoms with van der Waals surface area (Å²) in [4.78, 5) is 8.49. The van der Waals surface area contributed by atoms with Crippen molar-refractivity contribution in [1.82, 2.24) is 9.97 Å². The molecule has 0 saturated heterocycles. The van der Waals surface area contributed by atoms with Crippen molar-refractivity contribution < 1.29 is 5.11 Å². The highest BCUT2D eigenvalue weighted by Gasteiger charge is 2.15. The van der Waals surface area contributed by atoms with Crippen LogP contribution < -0.4 is 11.1 Å². The highest BCUT2D eigenvalue weighted by atomic mass is 16.3. The third kappa shape index (κ3) is 3.12. The lowest BCUT2D eigenvalue weighted by molar-refractivity contribution is 0.267. The van der Waals surface area contributed by atoms with Gasteiger partial charge in [0.2, 0.25) is 5.95 Å². The summed E-state index contributed by atoms with van der Waals surface area (Å²) in [7, 11) is 0. The Kier molecular flexibility index (Phi) is 4.16. The minimum absolute atomic E-state index is 0.147. The van der Waals surface area contributed by atoms with Crippen LogP contribution in [0.1, 0.15) is 20.3 Å². The van der Waals surface area contributed by atoms with Crippen molar-refractivity contribution in [2.75, 3.05) is 17.7 Å². The first-order chi connectivity index (χ1) is 9.11. The number of para-hydroxylation sites is 1. The topological polar surface area (TPSA) is 84.1 Å². The second-order valence-corrected chi connectivity index (χ2v) is 4.95. The Morgan fingerprint density at radius 2 is 2.00 bits per heavy atom. The maximum atomic E-state index is 9.13. The van der Waals surface area contributed by atoms with E-state index in [4.69, 9.17) is 10.8 Å². The number of aliphatic hydroxyl groups excluding tert-OH is 1. The molecule has 1 aromatic heterocycles. The molecule has 0 spiro atoms. The van der Waals surface area contributed by atoms with Gasteiger partial charge in [0.05, 0.1) is 5.52 Å². The van der Waals surface area contributed by atoms with Crippen molar-refractivity contribution in [2.45, 2.75) is 26.3 Å². The number of hydrogen-bond acceptors (Lipinski definition) is 5. The summed E-state index contributed by atoms with van der Waals surface area (Å²) in [6.07, 6.45) is 0.676. The Bertz CT molecular complexity index is 556. The molecule has 0 bridgehead atoms. The summed E-state index contributed by atoms with van der Waals surface area (Å²) in [6.45, 7) is 4.37. The van der Waals surface area contributed by atoms with E-state index in [1.807, 2.05) is 24.3 Å². The van der Waals surface area contributed by atoms with Gasteiger partial charge in [-0.15, -0.1) is 0 Å². The van der Waals surface area contributed by atoms with Crippen molar-refractivity contribution in [3.05, 3.63) is 24.3 Å². The lowest BCUT2D eigenvalue weighted by Gasteiger charge is -2.23. The van der Waals surface area contributed by atoms with Crippen molar-refractivity contribution in [3.8, 4) is 0 Å². The van der Waals surface area contributed by atoms with Crippen LogP contribution in [0.3, 0.4) is 0 Å². The van der Waals surface area contributed by atoms with Crippen LogP contribution in [0, 0.1) is 5.92 Å². The largest absolute Gasteiger partial charge is 0.396 e. The van der Waals surface area contributed by atoms with Gasteiger partial charge in [-0.05, 0) is 24.5 Å². The van der Waals surface area contributed by atoms with Crippen LogP contribution in [0.4, 0.5) is 11.8 Å². The summed E-state index contributed by atoms with van der Waals surface area (Å²) in [5.41, 5.74) is 6.56. The average Bonchev–Trinajstić information content (AvgIpc) is 2.37. The van der Waals surface area contributed by atoms with Gasteiger partial charge in [0, 0.05) is 18.0 Å². The monoisotopic (exact) mass is 260 g/mol. The molecule has 0 radical (unpaired) electrons. The third-order valence-corrected chi connectivity index (χ3v) is 3.19. The van der Waals surface area contributed by atoms with E-state index < -0.39 is 0 Å². The molecule has 19 heavy (non-hydrogen) atoms. The number of benzene rings is 1. The van der Waals surface area contributed by atoms with Crippen LogP contribution in [-0.2, 0) is 0 Å². The predicted octanol–water partition coefficient (Wildman–Crippen LogP) is 2.03. The molecular formula is C14H20N4O. The molecule has 2 aromatic rings. The smallest absolute Gasteiger partial charge is 0.222 e. The Morgan fingerprint density at radius 1 is 1.26 bits per heavy atom. The van der Waals surface area contributed by atoms with Gasteiger partial charge < -0.3 is 16.2 Å². The molecule has 5 nitrogen and oxygen atoms in total. The fourth-order valence-corrected chi connectivity index (χ4v) is 2.09. The SMILES string of the molecule is CC(C)C(CCO)Nc1nc(N)nc2ccccc12. The zero-order valence-electron chi connectivity index (χ0n) is 11.3. The normalized spacial score (nSPS) is 12.8. The van der Waals surface area contributed by atoms with Crippen molar-refractivity contribution in [3.63, 3.8) is 0 Å². The summed E-state index contributed by atoms with van der Waals surface area (Å²) in [6, 6.07) is 7.90. The first-order valence-corrected chi connectivity index (χ1v) is 6.51.